The third-order valence-electron chi connectivity index (χ3n) is 4.83. The molecule has 0 fully saturated rings. The number of rotatable bonds is 6. The van der Waals surface area contributed by atoms with E-state index in [9.17, 15) is 5.11 Å². The molecular weight excluding hydrogens is 390 g/mol. The fourth-order valence-corrected chi connectivity index (χ4v) is 3.19. The zero-order chi connectivity index (χ0) is 21.8. The predicted molar refractivity (Wildman–Crippen MR) is 120 cm³/mol. The largest absolute Gasteiger partial charge is 0.504 e. The van der Waals surface area contributed by atoms with E-state index in [-0.39, 0.29) is 5.75 Å². The predicted octanol–water partition coefficient (Wildman–Crippen LogP) is 5.29. The maximum absolute atomic E-state index is 10.7. The SMILES string of the molecule is CCOc1ccc(-c2nc(-c3ccc(C)cc3)nc(-c3cccc(OC)c3O)n2)cc1. The Morgan fingerprint density at radius 1 is 0.774 bits per heavy atom. The highest BCUT2D eigenvalue weighted by molar-refractivity contribution is 5.72. The molecule has 6 nitrogen and oxygen atoms in total. The molecular formula is C25H23N3O3. The molecule has 0 unspecified atom stereocenters. The normalized spacial score (nSPS) is 10.7. The Morgan fingerprint density at radius 3 is 1.94 bits per heavy atom. The summed E-state index contributed by atoms with van der Waals surface area (Å²) in [5.74, 6) is 2.53. The van der Waals surface area contributed by atoms with Crippen LogP contribution in [0.4, 0.5) is 0 Å². The van der Waals surface area contributed by atoms with Crippen molar-refractivity contribution in [2.75, 3.05) is 13.7 Å². The highest BCUT2D eigenvalue weighted by Gasteiger charge is 2.16. The molecule has 0 saturated carbocycles. The number of benzene rings is 3. The van der Waals surface area contributed by atoms with Gasteiger partial charge in [0.25, 0.3) is 0 Å². The number of hydrogen-bond acceptors (Lipinski definition) is 6. The Bertz CT molecular complexity index is 1190. The van der Waals surface area contributed by atoms with Gasteiger partial charge in [0.1, 0.15) is 5.75 Å². The first kappa shape index (κ1) is 20.3. The lowest BCUT2D eigenvalue weighted by atomic mass is 10.1. The lowest BCUT2D eigenvalue weighted by Gasteiger charge is -2.11. The van der Waals surface area contributed by atoms with Crippen LogP contribution in [0.15, 0.2) is 66.7 Å². The van der Waals surface area contributed by atoms with E-state index in [1.807, 2.05) is 62.4 Å². The number of aromatic nitrogens is 3. The number of para-hydroxylation sites is 1. The molecule has 0 amide bonds. The second-order valence-electron chi connectivity index (χ2n) is 6.99. The van der Waals surface area contributed by atoms with E-state index in [2.05, 4.69) is 9.97 Å². The fraction of sp³-hybridized carbons (Fsp3) is 0.160. The average molecular weight is 413 g/mol. The highest BCUT2D eigenvalue weighted by Crippen LogP contribution is 2.36. The molecule has 1 aromatic heterocycles. The summed E-state index contributed by atoms with van der Waals surface area (Å²) < 4.78 is 10.8. The van der Waals surface area contributed by atoms with Crippen LogP contribution in [-0.4, -0.2) is 33.8 Å². The fourth-order valence-electron chi connectivity index (χ4n) is 3.19. The number of hydrogen-bond donors (Lipinski definition) is 1. The number of phenolic OH excluding ortho intramolecular Hbond substituents is 1. The van der Waals surface area contributed by atoms with E-state index in [0.717, 1.165) is 22.4 Å². The van der Waals surface area contributed by atoms with Gasteiger partial charge >= 0.3 is 0 Å². The van der Waals surface area contributed by atoms with Gasteiger partial charge in [0, 0.05) is 11.1 Å². The number of methoxy groups -OCH3 is 1. The molecule has 0 aliphatic carbocycles. The highest BCUT2D eigenvalue weighted by atomic mass is 16.5. The molecule has 4 aromatic rings. The summed E-state index contributed by atoms with van der Waals surface area (Å²) >= 11 is 0. The smallest absolute Gasteiger partial charge is 0.168 e. The van der Waals surface area contributed by atoms with Crippen LogP contribution in [0.5, 0.6) is 17.2 Å². The third-order valence-corrected chi connectivity index (χ3v) is 4.83. The van der Waals surface area contributed by atoms with Crippen LogP contribution < -0.4 is 9.47 Å². The van der Waals surface area contributed by atoms with Crippen LogP contribution in [0, 0.1) is 6.92 Å². The van der Waals surface area contributed by atoms with E-state index in [4.69, 9.17) is 14.5 Å². The van der Waals surface area contributed by atoms with Crippen molar-refractivity contribution in [3.05, 3.63) is 72.3 Å². The maximum Gasteiger partial charge on any atom is 0.168 e. The van der Waals surface area contributed by atoms with Gasteiger partial charge in [-0.1, -0.05) is 35.9 Å². The van der Waals surface area contributed by atoms with Gasteiger partial charge in [0.15, 0.2) is 29.0 Å². The Hall–Kier alpha value is -3.93. The summed E-state index contributed by atoms with van der Waals surface area (Å²) in [4.78, 5) is 14.0. The maximum atomic E-state index is 10.7. The number of ether oxygens (including phenoxy) is 2. The van der Waals surface area contributed by atoms with E-state index >= 15 is 0 Å². The van der Waals surface area contributed by atoms with Crippen LogP contribution in [0.1, 0.15) is 12.5 Å². The number of aryl methyl sites for hydroxylation is 1. The second kappa shape index (κ2) is 8.83. The van der Waals surface area contributed by atoms with Crippen LogP contribution in [-0.2, 0) is 0 Å². The van der Waals surface area contributed by atoms with E-state index < -0.39 is 0 Å². The summed E-state index contributed by atoms with van der Waals surface area (Å²) in [5.41, 5.74) is 3.31. The van der Waals surface area contributed by atoms with Gasteiger partial charge in [-0.3, -0.25) is 0 Å². The molecule has 0 aliphatic heterocycles. The summed E-state index contributed by atoms with van der Waals surface area (Å²) in [7, 11) is 1.51. The third kappa shape index (κ3) is 4.33. The number of phenols is 1. The Labute approximate surface area is 181 Å². The summed E-state index contributed by atoms with van der Waals surface area (Å²) in [6, 6.07) is 20.8. The van der Waals surface area contributed by atoms with Crippen LogP contribution >= 0.6 is 0 Å². The van der Waals surface area contributed by atoms with Gasteiger partial charge in [-0.05, 0) is 50.2 Å². The quantitative estimate of drug-likeness (QED) is 0.463. The molecule has 1 heterocycles. The van der Waals surface area contributed by atoms with Crippen LogP contribution in [0.3, 0.4) is 0 Å². The number of nitrogens with zero attached hydrogens (tertiary/aromatic N) is 3. The van der Waals surface area contributed by atoms with Gasteiger partial charge in [-0.15, -0.1) is 0 Å². The van der Waals surface area contributed by atoms with Crippen molar-refractivity contribution < 1.29 is 14.6 Å². The van der Waals surface area contributed by atoms with Crippen molar-refractivity contribution in [3.63, 3.8) is 0 Å². The van der Waals surface area contributed by atoms with Gasteiger partial charge in [-0.2, -0.15) is 0 Å². The minimum atomic E-state index is -0.0105. The van der Waals surface area contributed by atoms with E-state index in [0.29, 0.717) is 35.4 Å². The van der Waals surface area contributed by atoms with Crippen molar-refractivity contribution in [3.8, 4) is 51.4 Å². The summed E-state index contributed by atoms with van der Waals surface area (Å²) in [6.07, 6.45) is 0. The average Bonchev–Trinajstić information content (AvgIpc) is 2.80. The Morgan fingerprint density at radius 2 is 1.35 bits per heavy atom. The van der Waals surface area contributed by atoms with Gasteiger partial charge in [-0.25, -0.2) is 15.0 Å². The first-order valence-electron chi connectivity index (χ1n) is 10.0. The van der Waals surface area contributed by atoms with Crippen LogP contribution in [0.2, 0.25) is 0 Å². The monoisotopic (exact) mass is 413 g/mol. The molecule has 1 N–H and O–H groups in total. The van der Waals surface area contributed by atoms with Gasteiger partial charge < -0.3 is 14.6 Å². The molecule has 6 heteroatoms. The molecule has 4 rings (SSSR count). The van der Waals surface area contributed by atoms with Crippen molar-refractivity contribution in [2.45, 2.75) is 13.8 Å². The molecule has 0 bridgehead atoms. The molecule has 0 spiro atoms. The minimum absolute atomic E-state index is 0.0105. The Balaban J connectivity index is 1.88. The van der Waals surface area contributed by atoms with E-state index in [1.165, 1.54) is 7.11 Å². The zero-order valence-corrected chi connectivity index (χ0v) is 17.7. The van der Waals surface area contributed by atoms with E-state index in [1.54, 1.807) is 18.2 Å². The number of aromatic hydroxyl groups is 1. The summed E-state index contributed by atoms with van der Waals surface area (Å²) in [5, 5.41) is 10.7. The molecule has 0 aliphatic rings. The van der Waals surface area contributed by atoms with Crippen molar-refractivity contribution in [2.24, 2.45) is 0 Å². The van der Waals surface area contributed by atoms with Gasteiger partial charge in [0.2, 0.25) is 0 Å². The Kier molecular flexibility index (Phi) is 5.80. The van der Waals surface area contributed by atoms with Crippen molar-refractivity contribution >= 4 is 0 Å². The first-order valence-corrected chi connectivity index (χ1v) is 10.0. The first-order chi connectivity index (χ1) is 15.1. The molecule has 0 radical (unpaired) electrons. The molecule has 156 valence electrons. The summed E-state index contributed by atoms with van der Waals surface area (Å²) in [6.45, 7) is 4.57. The minimum Gasteiger partial charge on any atom is -0.504 e. The van der Waals surface area contributed by atoms with Crippen LogP contribution in [0.25, 0.3) is 34.2 Å². The molecule has 0 saturated heterocycles. The standard InChI is InChI=1S/C25H23N3O3/c1-4-31-19-14-12-18(13-15-19)24-26-23(17-10-8-16(2)9-11-17)27-25(28-24)20-6-5-7-21(30-3)22(20)29/h5-15,29H,4H2,1-3H3. The second-order valence-corrected chi connectivity index (χ2v) is 6.99. The van der Waals surface area contributed by atoms with Crippen molar-refractivity contribution in [1.82, 2.24) is 15.0 Å². The topological polar surface area (TPSA) is 77.4 Å². The lowest BCUT2D eigenvalue weighted by molar-refractivity contribution is 0.340. The lowest BCUT2D eigenvalue weighted by Crippen LogP contribution is -2.01. The van der Waals surface area contributed by atoms with Crippen molar-refractivity contribution in [1.29, 1.82) is 0 Å². The molecule has 0 atom stereocenters. The van der Waals surface area contributed by atoms with Gasteiger partial charge in [0.05, 0.1) is 19.3 Å². The molecule has 3 aromatic carbocycles. The molecule has 31 heavy (non-hydrogen) atoms. The zero-order valence-electron chi connectivity index (χ0n) is 17.7.